The smallest absolute Gasteiger partial charge is 0.358 e. The van der Waals surface area contributed by atoms with Crippen molar-refractivity contribution in [2.45, 2.75) is 82.8 Å². The van der Waals surface area contributed by atoms with Crippen LogP contribution in [0.25, 0.3) is 17.4 Å². The van der Waals surface area contributed by atoms with Gasteiger partial charge in [-0.2, -0.15) is 15.3 Å². The van der Waals surface area contributed by atoms with E-state index in [1.165, 1.54) is 20.9 Å². The molecular weight excluding hydrogens is 592 g/mol. The normalized spacial score (nSPS) is 21.7. The molecule has 2 N–H and O–H groups in total. The zero-order valence-electron chi connectivity index (χ0n) is 25.7. The maximum atomic E-state index is 12.4. The monoisotopic (exact) mass is 628 g/mol. The highest BCUT2D eigenvalue weighted by atomic mass is 32.1. The molecule has 45 heavy (non-hydrogen) atoms. The molecule has 0 bridgehead atoms. The second kappa shape index (κ2) is 11.6. The summed E-state index contributed by atoms with van der Waals surface area (Å²) in [6, 6.07) is 5.96. The molecule has 234 valence electrons. The van der Waals surface area contributed by atoms with E-state index in [2.05, 4.69) is 35.2 Å². The van der Waals surface area contributed by atoms with Gasteiger partial charge in [-0.1, -0.05) is 5.16 Å². The fourth-order valence-electron chi connectivity index (χ4n) is 7.49. The van der Waals surface area contributed by atoms with Gasteiger partial charge >= 0.3 is 5.97 Å². The number of rotatable bonds is 7. The summed E-state index contributed by atoms with van der Waals surface area (Å²) in [6.07, 6.45) is 8.98. The van der Waals surface area contributed by atoms with Gasteiger partial charge < -0.3 is 19.7 Å². The molecule has 1 fully saturated rings. The van der Waals surface area contributed by atoms with Crippen molar-refractivity contribution in [3.05, 3.63) is 51.3 Å². The van der Waals surface area contributed by atoms with E-state index in [0.29, 0.717) is 33.8 Å². The first-order valence-electron chi connectivity index (χ1n) is 15.6. The number of carbonyl (C=O) groups is 1. The summed E-state index contributed by atoms with van der Waals surface area (Å²) in [6.45, 7) is 5.09. The minimum Gasteiger partial charge on any atom is -0.473 e. The molecule has 0 unspecified atom stereocenters. The first kappa shape index (κ1) is 29.4. The number of likely N-dealkylation sites (tertiary alicyclic amines) is 1. The molecule has 3 atom stereocenters. The number of aryl methyl sites for hydroxylation is 1. The van der Waals surface area contributed by atoms with E-state index in [0.717, 1.165) is 74.7 Å². The Morgan fingerprint density at radius 1 is 1.29 bits per heavy atom. The predicted octanol–water partition coefficient (Wildman–Crippen LogP) is 4.83. The lowest BCUT2D eigenvalue weighted by Crippen LogP contribution is -2.38. The van der Waals surface area contributed by atoms with E-state index >= 15 is 0 Å². The SMILES string of the molecule is CCOC(=O)c1ccn(-c2cc(O[C@@H](C)[C@@H]3CCCN3C)nc(-c3onc4c3CCC[C@@]43CCCc4sc(N)c(C#N)c43)n2)n1. The third-order valence-electron chi connectivity index (χ3n) is 9.50. The molecule has 12 nitrogen and oxygen atoms in total. The zero-order valence-corrected chi connectivity index (χ0v) is 26.5. The Kier molecular flexibility index (Phi) is 7.57. The van der Waals surface area contributed by atoms with Gasteiger partial charge in [-0.05, 0) is 90.4 Å². The summed E-state index contributed by atoms with van der Waals surface area (Å²) in [7, 11) is 2.11. The van der Waals surface area contributed by atoms with Gasteiger partial charge in [-0.3, -0.25) is 4.90 Å². The number of fused-ring (bicyclic) bond motifs is 4. The number of nitrogens with zero attached hydrogens (tertiary/aromatic N) is 7. The summed E-state index contributed by atoms with van der Waals surface area (Å²) in [5.41, 5.74) is 9.47. The molecule has 5 heterocycles. The van der Waals surface area contributed by atoms with Crippen molar-refractivity contribution in [2.24, 2.45) is 0 Å². The Hall–Kier alpha value is -4.28. The molecule has 0 aromatic carbocycles. The average Bonchev–Trinajstić information content (AvgIpc) is 3.83. The third kappa shape index (κ3) is 4.96. The highest BCUT2D eigenvalue weighted by molar-refractivity contribution is 7.16. The molecular formula is C32H36N8O4S. The summed E-state index contributed by atoms with van der Waals surface area (Å²) < 4.78 is 19.2. The lowest BCUT2D eigenvalue weighted by molar-refractivity contribution is 0.0519. The van der Waals surface area contributed by atoms with Crippen molar-refractivity contribution in [3.8, 4) is 29.4 Å². The van der Waals surface area contributed by atoms with Gasteiger partial charge in [0.25, 0.3) is 0 Å². The van der Waals surface area contributed by atoms with Crippen molar-refractivity contribution in [1.82, 2.24) is 29.8 Å². The summed E-state index contributed by atoms with van der Waals surface area (Å²) in [5, 5.41) is 19.7. The first-order valence-corrected chi connectivity index (χ1v) is 16.4. The van der Waals surface area contributed by atoms with Crippen LogP contribution in [0, 0.1) is 11.3 Å². The molecule has 13 heteroatoms. The molecule has 0 radical (unpaired) electrons. The number of hydrogen-bond donors (Lipinski definition) is 1. The number of likely N-dealkylation sites (N-methyl/N-ethyl adjacent to an activating group) is 1. The second-order valence-corrected chi connectivity index (χ2v) is 13.3. The van der Waals surface area contributed by atoms with Gasteiger partial charge in [0.2, 0.25) is 17.5 Å². The van der Waals surface area contributed by atoms with E-state index in [4.69, 9.17) is 29.7 Å². The van der Waals surface area contributed by atoms with Crippen molar-refractivity contribution >= 4 is 22.3 Å². The number of nitrogens with two attached hydrogens (primary N) is 1. The van der Waals surface area contributed by atoms with Crippen LogP contribution < -0.4 is 10.5 Å². The zero-order chi connectivity index (χ0) is 31.3. The van der Waals surface area contributed by atoms with Crippen LogP contribution in [-0.4, -0.2) is 68.1 Å². The number of esters is 1. The van der Waals surface area contributed by atoms with Gasteiger partial charge in [0.05, 0.1) is 17.9 Å². The number of thiophene rings is 1. The maximum Gasteiger partial charge on any atom is 0.358 e. The number of nitrogen functional groups attached to an aromatic ring is 1. The molecule has 0 saturated carbocycles. The minimum absolute atomic E-state index is 0.123. The van der Waals surface area contributed by atoms with Gasteiger partial charge in [0.15, 0.2) is 11.5 Å². The maximum absolute atomic E-state index is 12.4. The molecule has 2 aliphatic carbocycles. The van der Waals surface area contributed by atoms with Gasteiger partial charge in [0, 0.05) is 34.2 Å². The van der Waals surface area contributed by atoms with Gasteiger partial charge in [-0.15, -0.1) is 11.3 Å². The minimum atomic E-state index is -0.507. The topological polar surface area (TPSA) is 158 Å². The number of carbonyl (C=O) groups excluding carboxylic acids is 1. The molecule has 1 aliphatic heterocycles. The van der Waals surface area contributed by atoms with Gasteiger partial charge in [-0.25, -0.2) is 14.5 Å². The van der Waals surface area contributed by atoms with Crippen molar-refractivity contribution in [2.75, 3.05) is 25.9 Å². The second-order valence-electron chi connectivity index (χ2n) is 12.1. The van der Waals surface area contributed by atoms with E-state index in [-0.39, 0.29) is 24.4 Å². The molecule has 1 spiro atoms. The molecule has 3 aliphatic rings. The van der Waals surface area contributed by atoms with Crippen LogP contribution in [0.1, 0.15) is 90.1 Å². The van der Waals surface area contributed by atoms with Crippen LogP contribution in [0.5, 0.6) is 5.88 Å². The van der Waals surface area contributed by atoms with E-state index in [9.17, 15) is 10.1 Å². The Bertz CT molecular complexity index is 1800. The van der Waals surface area contributed by atoms with Crippen LogP contribution in [0.3, 0.4) is 0 Å². The van der Waals surface area contributed by atoms with Crippen molar-refractivity contribution in [1.29, 1.82) is 5.26 Å². The first-order chi connectivity index (χ1) is 21.8. The van der Waals surface area contributed by atoms with Crippen LogP contribution in [0.4, 0.5) is 5.00 Å². The highest BCUT2D eigenvalue weighted by Gasteiger charge is 2.48. The number of nitriles is 1. The van der Waals surface area contributed by atoms with Crippen LogP contribution in [0.15, 0.2) is 22.9 Å². The third-order valence-corrected chi connectivity index (χ3v) is 10.6. The molecule has 4 aromatic heterocycles. The van der Waals surface area contributed by atoms with Crippen LogP contribution in [0.2, 0.25) is 0 Å². The van der Waals surface area contributed by atoms with Crippen LogP contribution >= 0.6 is 11.3 Å². The van der Waals surface area contributed by atoms with E-state index < -0.39 is 11.4 Å². The Morgan fingerprint density at radius 2 is 2.11 bits per heavy atom. The standard InChI is InChI=1S/C32H36N8O4S/c1-4-42-31(41)21-11-15-40(37-21)24-16-25(43-18(2)22-9-7-14-39(22)3)36-30(35-24)27-19-8-5-12-32(28(19)38-44-27)13-6-10-23-26(32)20(17-33)29(34)45-23/h11,15-16,18,22H,4-10,12-14,34H2,1-3H3/t18-,22-,32-/m0/s1. The largest absolute Gasteiger partial charge is 0.473 e. The molecule has 4 aromatic rings. The number of ether oxygens (including phenoxy) is 2. The van der Waals surface area contributed by atoms with Crippen molar-refractivity contribution in [3.63, 3.8) is 0 Å². The Morgan fingerprint density at radius 3 is 2.87 bits per heavy atom. The average molecular weight is 629 g/mol. The quantitative estimate of drug-likeness (QED) is 0.279. The number of aromatic nitrogens is 5. The lowest BCUT2D eigenvalue weighted by Gasteiger charge is -2.39. The molecule has 0 amide bonds. The summed E-state index contributed by atoms with van der Waals surface area (Å²) in [4.78, 5) is 25.5. The predicted molar refractivity (Wildman–Crippen MR) is 166 cm³/mol. The van der Waals surface area contributed by atoms with Gasteiger partial charge in [0.1, 0.15) is 17.2 Å². The summed E-state index contributed by atoms with van der Waals surface area (Å²) in [5.74, 6) is 1.10. The lowest BCUT2D eigenvalue weighted by atomic mass is 9.62. The number of anilines is 1. The molecule has 7 rings (SSSR count). The molecule has 1 saturated heterocycles. The number of hydrogen-bond acceptors (Lipinski definition) is 12. The van der Waals surface area contributed by atoms with E-state index in [1.807, 2.05) is 0 Å². The van der Waals surface area contributed by atoms with Crippen LogP contribution in [-0.2, 0) is 23.0 Å². The highest BCUT2D eigenvalue weighted by Crippen LogP contribution is 2.54. The van der Waals surface area contributed by atoms with E-state index in [1.54, 1.807) is 25.3 Å². The fourth-order valence-corrected chi connectivity index (χ4v) is 8.65. The Labute approximate surface area is 265 Å². The van der Waals surface area contributed by atoms with Crippen molar-refractivity contribution < 1.29 is 18.8 Å². The fraction of sp³-hybridized carbons (Fsp3) is 0.500. The summed E-state index contributed by atoms with van der Waals surface area (Å²) >= 11 is 1.52. The Balaban J connectivity index is 1.32.